The van der Waals surface area contributed by atoms with E-state index in [0.29, 0.717) is 31.1 Å². The molecule has 0 aliphatic carbocycles. The lowest BCUT2D eigenvalue weighted by atomic mass is 9.87. The number of sulfonamides is 1. The number of anilines is 1. The molecule has 3 rings (SSSR count). The first-order valence-electron chi connectivity index (χ1n) is 10.7. The summed E-state index contributed by atoms with van der Waals surface area (Å²) in [6, 6.07) is 13.1. The van der Waals surface area contributed by atoms with Gasteiger partial charge in [0.2, 0.25) is 15.9 Å². The number of benzene rings is 2. The van der Waals surface area contributed by atoms with Crippen molar-refractivity contribution in [2.24, 2.45) is 0 Å². The van der Waals surface area contributed by atoms with E-state index in [-0.39, 0.29) is 17.9 Å². The summed E-state index contributed by atoms with van der Waals surface area (Å²) in [5.74, 6) is -0.0773. The van der Waals surface area contributed by atoms with Crippen LogP contribution in [-0.2, 0) is 20.2 Å². The summed E-state index contributed by atoms with van der Waals surface area (Å²) >= 11 is 0. The molecule has 0 atom stereocenters. The van der Waals surface area contributed by atoms with E-state index < -0.39 is 10.0 Å². The van der Waals surface area contributed by atoms with Crippen LogP contribution in [0.1, 0.15) is 37.5 Å². The van der Waals surface area contributed by atoms with Gasteiger partial charge in [-0.2, -0.15) is 4.31 Å². The van der Waals surface area contributed by atoms with Crippen molar-refractivity contribution in [2.45, 2.75) is 44.9 Å². The molecule has 1 fully saturated rings. The summed E-state index contributed by atoms with van der Waals surface area (Å²) < 4.78 is 27.6. The Hall–Kier alpha value is -2.22. The minimum atomic E-state index is -3.53. The van der Waals surface area contributed by atoms with Crippen molar-refractivity contribution >= 4 is 21.6 Å². The van der Waals surface area contributed by atoms with Gasteiger partial charge in [-0.1, -0.05) is 51.1 Å². The van der Waals surface area contributed by atoms with E-state index in [4.69, 9.17) is 0 Å². The van der Waals surface area contributed by atoms with Crippen molar-refractivity contribution in [1.29, 1.82) is 0 Å². The molecule has 1 heterocycles. The van der Waals surface area contributed by atoms with Gasteiger partial charge in [0.1, 0.15) is 0 Å². The normalized spacial score (nSPS) is 16.3. The van der Waals surface area contributed by atoms with Gasteiger partial charge in [0.25, 0.3) is 0 Å². The minimum absolute atomic E-state index is 0.0225. The minimum Gasteiger partial charge on any atom is -0.324 e. The number of carbonyl (C=O) groups is 1. The van der Waals surface area contributed by atoms with Crippen LogP contribution in [0.15, 0.2) is 47.4 Å². The Bertz CT molecular complexity index is 1010. The number of hydrogen-bond acceptors (Lipinski definition) is 4. The molecule has 168 valence electrons. The Balaban J connectivity index is 1.58. The molecule has 1 aliphatic rings. The predicted octanol–water partition coefficient (Wildman–Crippen LogP) is 3.55. The van der Waals surface area contributed by atoms with Crippen LogP contribution in [0.25, 0.3) is 0 Å². The molecular weight excluding hydrogens is 410 g/mol. The highest BCUT2D eigenvalue weighted by Crippen LogP contribution is 2.25. The van der Waals surface area contributed by atoms with Gasteiger partial charge in [-0.3, -0.25) is 9.69 Å². The molecule has 1 saturated heterocycles. The first-order chi connectivity index (χ1) is 14.5. The highest BCUT2D eigenvalue weighted by atomic mass is 32.2. The number of piperazine rings is 1. The molecule has 1 aliphatic heterocycles. The largest absolute Gasteiger partial charge is 0.324 e. The third-order valence-electron chi connectivity index (χ3n) is 5.80. The van der Waals surface area contributed by atoms with Crippen LogP contribution in [0.5, 0.6) is 0 Å². The van der Waals surface area contributed by atoms with Crippen molar-refractivity contribution in [3.05, 3.63) is 59.2 Å². The van der Waals surface area contributed by atoms with Gasteiger partial charge in [0.15, 0.2) is 0 Å². The third kappa shape index (κ3) is 5.53. The second kappa shape index (κ2) is 9.10. The molecule has 0 aromatic heterocycles. The van der Waals surface area contributed by atoms with Gasteiger partial charge in [-0.25, -0.2) is 8.42 Å². The monoisotopic (exact) mass is 443 g/mol. The van der Waals surface area contributed by atoms with E-state index in [1.54, 1.807) is 12.1 Å². The quantitative estimate of drug-likeness (QED) is 0.767. The van der Waals surface area contributed by atoms with Crippen LogP contribution in [0.2, 0.25) is 0 Å². The van der Waals surface area contributed by atoms with Crippen LogP contribution >= 0.6 is 0 Å². The van der Waals surface area contributed by atoms with E-state index in [0.717, 1.165) is 22.4 Å². The van der Waals surface area contributed by atoms with E-state index in [1.807, 2.05) is 49.1 Å². The van der Waals surface area contributed by atoms with Crippen molar-refractivity contribution in [1.82, 2.24) is 9.21 Å². The maximum Gasteiger partial charge on any atom is 0.243 e. The molecule has 1 N–H and O–H groups in total. The Kier molecular flexibility index (Phi) is 6.88. The van der Waals surface area contributed by atoms with Crippen molar-refractivity contribution in [3.63, 3.8) is 0 Å². The van der Waals surface area contributed by atoms with E-state index in [2.05, 4.69) is 26.1 Å². The summed E-state index contributed by atoms with van der Waals surface area (Å²) in [7, 11) is -3.53. The Morgan fingerprint density at radius 3 is 2.00 bits per heavy atom. The van der Waals surface area contributed by atoms with Crippen molar-refractivity contribution < 1.29 is 13.2 Å². The summed E-state index contributed by atoms with van der Waals surface area (Å²) in [4.78, 5) is 14.8. The molecule has 0 spiro atoms. The van der Waals surface area contributed by atoms with Crippen LogP contribution < -0.4 is 5.32 Å². The van der Waals surface area contributed by atoms with E-state index in [9.17, 15) is 13.2 Å². The van der Waals surface area contributed by atoms with Gasteiger partial charge in [-0.15, -0.1) is 0 Å². The lowest BCUT2D eigenvalue weighted by Crippen LogP contribution is -2.50. The fraction of sp³-hybridized carbons (Fsp3) is 0.458. The zero-order valence-electron chi connectivity index (χ0n) is 19.1. The van der Waals surface area contributed by atoms with Gasteiger partial charge in [-0.05, 0) is 48.1 Å². The molecule has 7 heteroatoms. The molecule has 31 heavy (non-hydrogen) atoms. The average Bonchev–Trinajstić information content (AvgIpc) is 2.71. The summed E-state index contributed by atoms with van der Waals surface area (Å²) in [5.41, 5.74) is 3.99. The predicted molar refractivity (Wildman–Crippen MR) is 125 cm³/mol. The lowest BCUT2D eigenvalue weighted by Gasteiger charge is -2.33. The van der Waals surface area contributed by atoms with E-state index in [1.165, 1.54) is 4.31 Å². The highest BCUT2D eigenvalue weighted by molar-refractivity contribution is 7.89. The number of hydrogen-bond donors (Lipinski definition) is 1. The van der Waals surface area contributed by atoms with Crippen molar-refractivity contribution in [2.75, 3.05) is 38.0 Å². The molecule has 0 radical (unpaired) electrons. The first-order valence-corrected chi connectivity index (χ1v) is 12.1. The molecule has 0 unspecified atom stereocenters. The smallest absolute Gasteiger partial charge is 0.243 e. The number of amides is 1. The molecule has 2 aromatic rings. The van der Waals surface area contributed by atoms with Crippen molar-refractivity contribution in [3.8, 4) is 0 Å². The first kappa shape index (κ1) is 23.4. The van der Waals surface area contributed by atoms with Crippen LogP contribution in [-0.4, -0.2) is 56.3 Å². The Morgan fingerprint density at radius 1 is 0.935 bits per heavy atom. The number of para-hydroxylation sites is 1. The number of aryl methyl sites for hydroxylation is 2. The molecule has 1 amide bonds. The molecule has 0 saturated carbocycles. The standard InChI is InChI=1S/C24H33N3O3S/c1-18-7-6-8-19(2)23(18)25-22(28)17-26-13-15-27(16-14-26)31(29,30)21-11-9-20(10-12-21)24(3,4)5/h6-12H,13-17H2,1-5H3,(H,25,28). The zero-order valence-corrected chi connectivity index (χ0v) is 19.9. The molecular formula is C24H33N3O3S. The number of carbonyl (C=O) groups excluding carboxylic acids is 1. The summed E-state index contributed by atoms with van der Waals surface area (Å²) in [6.45, 7) is 12.3. The fourth-order valence-corrected chi connectivity index (χ4v) is 5.22. The van der Waals surface area contributed by atoms with Crippen LogP contribution in [0.4, 0.5) is 5.69 Å². The molecule has 0 bridgehead atoms. The zero-order chi connectivity index (χ0) is 22.8. The van der Waals surface area contributed by atoms with E-state index >= 15 is 0 Å². The summed E-state index contributed by atoms with van der Waals surface area (Å²) in [5, 5.41) is 3.00. The number of nitrogens with zero attached hydrogens (tertiary/aromatic N) is 2. The maximum atomic E-state index is 13.0. The fourth-order valence-electron chi connectivity index (χ4n) is 3.80. The van der Waals surface area contributed by atoms with Gasteiger partial charge < -0.3 is 5.32 Å². The highest BCUT2D eigenvalue weighted by Gasteiger charge is 2.29. The topological polar surface area (TPSA) is 69.7 Å². The van der Waals surface area contributed by atoms with Gasteiger partial charge in [0, 0.05) is 31.9 Å². The Morgan fingerprint density at radius 2 is 1.48 bits per heavy atom. The van der Waals surface area contributed by atoms with Crippen LogP contribution in [0.3, 0.4) is 0 Å². The second-order valence-corrected chi connectivity index (χ2v) is 11.2. The van der Waals surface area contributed by atoms with Crippen LogP contribution in [0, 0.1) is 13.8 Å². The Labute approximate surface area is 186 Å². The van der Waals surface area contributed by atoms with Gasteiger partial charge in [0.05, 0.1) is 11.4 Å². The van der Waals surface area contributed by atoms with Gasteiger partial charge >= 0.3 is 0 Å². The SMILES string of the molecule is Cc1cccc(C)c1NC(=O)CN1CCN(S(=O)(=O)c2ccc(C(C)(C)C)cc2)CC1. The lowest BCUT2D eigenvalue weighted by molar-refractivity contribution is -0.117. The summed E-state index contributed by atoms with van der Waals surface area (Å²) in [6.07, 6.45) is 0. The second-order valence-electron chi connectivity index (χ2n) is 9.27. The number of nitrogens with one attached hydrogen (secondary N) is 1. The molecule has 6 nitrogen and oxygen atoms in total. The maximum absolute atomic E-state index is 13.0. The number of rotatable bonds is 5. The average molecular weight is 444 g/mol. The third-order valence-corrected chi connectivity index (χ3v) is 7.72. The molecule has 2 aromatic carbocycles.